The fourth-order valence-corrected chi connectivity index (χ4v) is 2.97. The van der Waals surface area contributed by atoms with Gasteiger partial charge in [-0.25, -0.2) is 9.97 Å². The Morgan fingerprint density at radius 1 is 0.968 bits per heavy atom. The van der Waals surface area contributed by atoms with E-state index < -0.39 is 5.60 Å². The van der Waals surface area contributed by atoms with E-state index in [1.165, 1.54) is 6.33 Å². The molecule has 0 saturated carbocycles. The SMILES string of the molecule is CC(C)(O)C#Cc1ccc2ncnc(Nc3ccc(OCc4ccccc4)cc3)c2c1. The minimum absolute atomic E-state index is 0.526. The van der Waals surface area contributed by atoms with E-state index in [2.05, 4.69) is 27.1 Å². The Balaban J connectivity index is 1.51. The molecule has 0 aliphatic heterocycles. The van der Waals surface area contributed by atoms with E-state index in [1.807, 2.05) is 72.8 Å². The third kappa shape index (κ3) is 5.59. The number of fused-ring (bicyclic) bond motifs is 1. The second kappa shape index (κ2) is 8.86. The molecule has 1 aromatic heterocycles. The van der Waals surface area contributed by atoms with E-state index in [0.29, 0.717) is 12.4 Å². The molecule has 5 nitrogen and oxygen atoms in total. The largest absolute Gasteiger partial charge is 0.489 e. The van der Waals surface area contributed by atoms with Gasteiger partial charge in [0.2, 0.25) is 0 Å². The van der Waals surface area contributed by atoms with Crippen molar-refractivity contribution in [1.29, 1.82) is 0 Å². The van der Waals surface area contributed by atoms with Crippen LogP contribution < -0.4 is 10.1 Å². The van der Waals surface area contributed by atoms with Crippen molar-refractivity contribution in [1.82, 2.24) is 9.97 Å². The van der Waals surface area contributed by atoms with Crippen molar-refractivity contribution in [3.05, 3.63) is 90.3 Å². The highest BCUT2D eigenvalue weighted by atomic mass is 16.5. The van der Waals surface area contributed by atoms with E-state index in [-0.39, 0.29) is 0 Å². The number of hydrogen-bond donors (Lipinski definition) is 2. The summed E-state index contributed by atoms with van der Waals surface area (Å²) in [6.45, 7) is 3.84. The Hall–Kier alpha value is -3.88. The average molecular weight is 409 g/mol. The molecule has 1 heterocycles. The molecule has 5 heteroatoms. The molecule has 2 N–H and O–H groups in total. The number of aromatic nitrogens is 2. The maximum Gasteiger partial charge on any atom is 0.141 e. The topological polar surface area (TPSA) is 67.3 Å². The van der Waals surface area contributed by atoms with Crippen LogP contribution in [0.4, 0.5) is 11.5 Å². The highest BCUT2D eigenvalue weighted by molar-refractivity contribution is 5.91. The lowest BCUT2D eigenvalue weighted by Gasteiger charge is -2.10. The third-order valence-corrected chi connectivity index (χ3v) is 4.51. The number of nitrogens with zero attached hydrogens (tertiary/aromatic N) is 2. The maximum absolute atomic E-state index is 9.85. The van der Waals surface area contributed by atoms with Gasteiger partial charge < -0.3 is 15.2 Å². The fourth-order valence-electron chi connectivity index (χ4n) is 2.97. The maximum atomic E-state index is 9.85. The molecule has 4 aromatic rings. The van der Waals surface area contributed by atoms with Crippen LogP contribution >= 0.6 is 0 Å². The Bertz CT molecular complexity index is 1240. The predicted molar refractivity (Wildman–Crippen MR) is 123 cm³/mol. The predicted octanol–water partition coefficient (Wildman–Crippen LogP) is 5.07. The number of anilines is 2. The van der Waals surface area contributed by atoms with E-state index >= 15 is 0 Å². The molecule has 0 unspecified atom stereocenters. The first-order chi connectivity index (χ1) is 15.0. The second-order valence-corrected chi connectivity index (χ2v) is 7.69. The number of rotatable bonds is 5. The van der Waals surface area contributed by atoms with Gasteiger partial charge in [0.25, 0.3) is 0 Å². The summed E-state index contributed by atoms with van der Waals surface area (Å²) in [4.78, 5) is 8.73. The summed E-state index contributed by atoms with van der Waals surface area (Å²) in [6, 6.07) is 23.5. The van der Waals surface area contributed by atoms with Crippen LogP contribution in [0.1, 0.15) is 25.0 Å². The first kappa shape index (κ1) is 20.4. The van der Waals surface area contributed by atoms with Crippen molar-refractivity contribution in [3.8, 4) is 17.6 Å². The van der Waals surface area contributed by atoms with Crippen molar-refractivity contribution in [3.63, 3.8) is 0 Å². The van der Waals surface area contributed by atoms with Gasteiger partial charge >= 0.3 is 0 Å². The highest BCUT2D eigenvalue weighted by Gasteiger charge is 2.08. The van der Waals surface area contributed by atoms with Crippen LogP contribution in [0.3, 0.4) is 0 Å². The zero-order chi connectivity index (χ0) is 21.7. The van der Waals surface area contributed by atoms with Gasteiger partial charge in [0.05, 0.1) is 5.52 Å². The molecule has 0 spiro atoms. The summed E-state index contributed by atoms with van der Waals surface area (Å²) < 4.78 is 5.85. The van der Waals surface area contributed by atoms with Crippen molar-refractivity contribution in [2.24, 2.45) is 0 Å². The van der Waals surface area contributed by atoms with Crippen molar-refractivity contribution in [2.45, 2.75) is 26.1 Å². The first-order valence-corrected chi connectivity index (χ1v) is 10.0. The standard InChI is InChI=1S/C26H23N3O2/c1-26(2,30)15-14-19-8-13-24-23(16-19)25(28-18-27-24)29-21-9-11-22(12-10-21)31-17-20-6-4-3-5-7-20/h3-13,16,18,30H,17H2,1-2H3,(H,27,28,29). The molecule has 0 aliphatic rings. The lowest BCUT2D eigenvalue weighted by molar-refractivity contribution is 0.143. The summed E-state index contributed by atoms with van der Waals surface area (Å²) in [6.07, 6.45) is 1.53. The van der Waals surface area contributed by atoms with Crippen LogP contribution in [0.15, 0.2) is 79.1 Å². The average Bonchev–Trinajstić information content (AvgIpc) is 2.78. The Kier molecular flexibility index (Phi) is 5.83. The number of ether oxygens (including phenoxy) is 1. The van der Waals surface area contributed by atoms with Gasteiger partial charge in [0, 0.05) is 16.6 Å². The third-order valence-electron chi connectivity index (χ3n) is 4.51. The summed E-state index contributed by atoms with van der Waals surface area (Å²) in [7, 11) is 0. The summed E-state index contributed by atoms with van der Waals surface area (Å²) in [5, 5.41) is 14.0. The van der Waals surface area contributed by atoms with Crippen molar-refractivity contribution < 1.29 is 9.84 Å². The zero-order valence-electron chi connectivity index (χ0n) is 17.5. The van der Waals surface area contributed by atoms with E-state index in [1.54, 1.807) is 13.8 Å². The molecular formula is C26H23N3O2. The quantitative estimate of drug-likeness (QED) is 0.450. The molecule has 0 aliphatic carbocycles. The van der Waals surface area contributed by atoms with Gasteiger partial charge in [-0.3, -0.25) is 0 Å². The number of hydrogen-bond acceptors (Lipinski definition) is 5. The summed E-state index contributed by atoms with van der Waals surface area (Å²) in [5.41, 5.74) is 2.57. The van der Waals surface area contributed by atoms with E-state index in [4.69, 9.17) is 4.74 Å². The molecule has 31 heavy (non-hydrogen) atoms. The van der Waals surface area contributed by atoms with Gasteiger partial charge in [0.1, 0.15) is 30.1 Å². The molecule has 154 valence electrons. The zero-order valence-corrected chi connectivity index (χ0v) is 17.5. The van der Waals surface area contributed by atoms with Crippen molar-refractivity contribution >= 4 is 22.4 Å². The first-order valence-electron chi connectivity index (χ1n) is 10.0. The van der Waals surface area contributed by atoms with Crippen LogP contribution in [-0.2, 0) is 6.61 Å². The number of nitrogens with one attached hydrogen (secondary N) is 1. The van der Waals surface area contributed by atoms with Crippen LogP contribution in [0.5, 0.6) is 5.75 Å². The molecule has 3 aromatic carbocycles. The van der Waals surface area contributed by atoms with Gasteiger partial charge in [-0.15, -0.1) is 0 Å². The van der Waals surface area contributed by atoms with Gasteiger partial charge in [-0.2, -0.15) is 0 Å². The number of benzene rings is 3. The molecule has 4 rings (SSSR count). The van der Waals surface area contributed by atoms with E-state index in [0.717, 1.165) is 33.5 Å². The van der Waals surface area contributed by atoms with Crippen molar-refractivity contribution in [2.75, 3.05) is 5.32 Å². The van der Waals surface area contributed by atoms with Gasteiger partial charge in [-0.05, 0) is 61.9 Å². The summed E-state index contributed by atoms with van der Waals surface area (Å²) in [5.74, 6) is 7.32. The van der Waals surface area contributed by atoms with Gasteiger partial charge in [0.15, 0.2) is 0 Å². The second-order valence-electron chi connectivity index (χ2n) is 7.69. The minimum atomic E-state index is -1.05. The van der Waals surface area contributed by atoms with Crippen LogP contribution in [0.2, 0.25) is 0 Å². The van der Waals surface area contributed by atoms with Gasteiger partial charge in [-0.1, -0.05) is 42.2 Å². The summed E-state index contributed by atoms with van der Waals surface area (Å²) >= 11 is 0. The van der Waals surface area contributed by atoms with Crippen LogP contribution in [0, 0.1) is 11.8 Å². The number of aliphatic hydroxyl groups is 1. The molecule has 0 atom stereocenters. The molecule has 0 bridgehead atoms. The molecule has 0 saturated heterocycles. The Morgan fingerprint density at radius 3 is 2.48 bits per heavy atom. The molecule has 0 radical (unpaired) electrons. The monoisotopic (exact) mass is 409 g/mol. The van der Waals surface area contributed by atoms with E-state index in [9.17, 15) is 5.11 Å². The Labute approximate surface area is 181 Å². The lowest BCUT2D eigenvalue weighted by atomic mass is 10.1. The van der Waals surface area contributed by atoms with Crippen LogP contribution in [0.25, 0.3) is 10.9 Å². The molecule has 0 fully saturated rings. The fraction of sp³-hybridized carbons (Fsp3) is 0.154. The smallest absolute Gasteiger partial charge is 0.141 e. The Morgan fingerprint density at radius 2 is 1.74 bits per heavy atom. The van der Waals surface area contributed by atoms with Crippen LogP contribution in [-0.4, -0.2) is 20.7 Å². The normalized spacial score (nSPS) is 10.9. The lowest BCUT2D eigenvalue weighted by Crippen LogP contribution is -2.14. The molecule has 0 amide bonds. The highest BCUT2D eigenvalue weighted by Crippen LogP contribution is 2.25. The minimum Gasteiger partial charge on any atom is -0.489 e. The molecular weight excluding hydrogens is 386 g/mol.